The number of thiazole rings is 1. The molecule has 2 aromatic rings. The number of rotatable bonds is 6. The Hall–Kier alpha value is -1.26. The van der Waals surface area contributed by atoms with Crippen molar-refractivity contribution in [2.24, 2.45) is 0 Å². The maximum Gasteiger partial charge on any atom is 0.126 e. The number of hydrogen-bond acceptors (Lipinski definition) is 3. The van der Waals surface area contributed by atoms with Crippen LogP contribution in [0.3, 0.4) is 0 Å². The minimum absolute atomic E-state index is 0.121. The second-order valence-electron chi connectivity index (χ2n) is 4.88. The molecule has 0 aliphatic rings. The molecule has 2 nitrogen and oxygen atoms in total. The molecule has 2 rings (SSSR count). The first-order valence-electron chi connectivity index (χ1n) is 6.53. The Labute approximate surface area is 117 Å². The lowest BCUT2D eigenvalue weighted by Crippen LogP contribution is -2.31. The van der Waals surface area contributed by atoms with Gasteiger partial charge in [0.25, 0.3) is 0 Å². The van der Waals surface area contributed by atoms with Gasteiger partial charge in [0.15, 0.2) is 0 Å². The molecular weight excluding hydrogens is 259 g/mol. The van der Waals surface area contributed by atoms with Crippen LogP contribution in [0.4, 0.5) is 4.39 Å². The third-order valence-electron chi connectivity index (χ3n) is 3.13. The van der Waals surface area contributed by atoms with E-state index in [0.29, 0.717) is 12.3 Å². The number of hydrogen-bond donors (Lipinski definition) is 1. The molecule has 1 heterocycles. The van der Waals surface area contributed by atoms with Gasteiger partial charge in [-0.05, 0) is 25.0 Å². The predicted octanol–water partition coefficient (Wildman–Crippen LogP) is 3.61. The summed E-state index contributed by atoms with van der Waals surface area (Å²) in [5.74, 6) is 0.271. The molecule has 102 valence electrons. The maximum atomic E-state index is 13.5. The van der Waals surface area contributed by atoms with Crippen LogP contribution in [-0.2, 0) is 6.42 Å². The second kappa shape index (κ2) is 6.78. The van der Waals surface area contributed by atoms with Crippen molar-refractivity contribution in [3.8, 4) is 0 Å². The van der Waals surface area contributed by atoms with Crippen LogP contribution >= 0.6 is 11.3 Å². The summed E-state index contributed by atoms with van der Waals surface area (Å²) in [6, 6.07) is 7.21. The summed E-state index contributed by atoms with van der Waals surface area (Å²) in [4.78, 5) is 4.31. The van der Waals surface area contributed by atoms with Crippen molar-refractivity contribution in [2.45, 2.75) is 32.2 Å². The molecule has 0 aliphatic heterocycles. The largest absolute Gasteiger partial charge is 0.313 e. The molecule has 0 spiro atoms. The van der Waals surface area contributed by atoms with Crippen LogP contribution in [-0.4, -0.2) is 17.6 Å². The van der Waals surface area contributed by atoms with E-state index >= 15 is 0 Å². The molecule has 0 bridgehead atoms. The average Bonchev–Trinajstić information content (AvgIpc) is 2.93. The molecule has 0 aliphatic carbocycles. The third-order valence-corrected chi connectivity index (χ3v) is 4.14. The Morgan fingerprint density at radius 3 is 2.79 bits per heavy atom. The first kappa shape index (κ1) is 14.2. The van der Waals surface area contributed by atoms with E-state index in [2.05, 4.69) is 24.1 Å². The van der Waals surface area contributed by atoms with Gasteiger partial charge < -0.3 is 5.32 Å². The maximum absolute atomic E-state index is 13.5. The molecule has 0 saturated carbocycles. The standard InChI is InChI=1S/C15H19FN2S/c1-11(15-17-7-8-19-15)10-18-12(2)9-13-5-3-4-6-14(13)16/h3-8,11-12,18H,9-10H2,1-2H3. The van der Waals surface area contributed by atoms with Crippen LogP contribution in [0.2, 0.25) is 0 Å². The minimum Gasteiger partial charge on any atom is -0.313 e. The summed E-state index contributed by atoms with van der Waals surface area (Å²) in [7, 11) is 0. The summed E-state index contributed by atoms with van der Waals surface area (Å²) in [5.41, 5.74) is 0.768. The summed E-state index contributed by atoms with van der Waals surface area (Å²) >= 11 is 1.68. The van der Waals surface area contributed by atoms with E-state index in [0.717, 1.165) is 17.1 Å². The summed E-state index contributed by atoms with van der Waals surface area (Å²) in [5, 5.41) is 6.59. The van der Waals surface area contributed by atoms with Gasteiger partial charge in [-0.2, -0.15) is 0 Å². The number of aromatic nitrogens is 1. The first-order chi connectivity index (χ1) is 9.16. The Kier molecular flexibility index (Phi) is 5.05. The van der Waals surface area contributed by atoms with E-state index in [9.17, 15) is 4.39 Å². The van der Waals surface area contributed by atoms with Gasteiger partial charge in [-0.15, -0.1) is 11.3 Å². The highest BCUT2D eigenvalue weighted by atomic mass is 32.1. The third kappa shape index (κ3) is 4.11. The average molecular weight is 278 g/mol. The lowest BCUT2D eigenvalue weighted by molar-refractivity contribution is 0.504. The van der Waals surface area contributed by atoms with Crippen molar-refractivity contribution in [3.63, 3.8) is 0 Å². The van der Waals surface area contributed by atoms with E-state index in [4.69, 9.17) is 0 Å². The van der Waals surface area contributed by atoms with E-state index < -0.39 is 0 Å². The number of nitrogens with one attached hydrogen (secondary N) is 1. The highest BCUT2D eigenvalue weighted by molar-refractivity contribution is 7.09. The molecule has 4 heteroatoms. The minimum atomic E-state index is -0.121. The number of halogens is 1. The molecule has 0 saturated heterocycles. The number of nitrogens with zero attached hydrogens (tertiary/aromatic N) is 1. The lowest BCUT2D eigenvalue weighted by Gasteiger charge is -2.17. The van der Waals surface area contributed by atoms with Crippen LogP contribution in [0.15, 0.2) is 35.8 Å². The van der Waals surface area contributed by atoms with Crippen molar-refractivity contribution in [1.82, 2.24) is 10.3 Å². The monoisotopic (exact) mass is 278 g/mol. The molecule has 0 radical (unpaired) electrons. The van der Waals surface area contributed by atoms with Crippen molar-refractivity contribution in [2.75, 3.05) is 6.54 Å². The Morgan fingerprint density at radius 2 is 2.11 bits per heavy atom. The van der Waals surface area contributed by atoms with Crippen molar-refractivity contribution >= 4 is 11.3 Å². The van der Waals surface area contributed by atoms with Gasteiger partial charge in [-0.1, -0.05) is 25.1 Å². The van der Waals surface area contributed by atoms with Gasteiger partial charge in [0, 0.05) is 30.1 Å². The Bertz CT molecular complexity index is 499. The van der Waals surface area contributed by atoms with Crippen LogP contribution in [0.25, 0.3) is 0 Å². The molecule has 1 N–H and O–H groups in total. The lowest BCUT2D eigenvalue weighted by atomic mass is 10.1. The molecule has 19 heavy (non-hydrogen) atoms. The predicted molar refractivity (Wildman–Crippen MR) is 78.1 cm³/mol. The van der Waals surface area contributed by atoms with E-state index in [1.165, 1.54) is 6.07 Å². The highest BCUT2D eigenvalue weighted by Crippen LogP contribution is 2.17. The Balaban J connectivity index is 1.82. The highest BCUT2D eigenvalue weighted by Gasteiger charge is 2.11. The second-order valence-corrected chi connectivity index (χ2v) is 5.80. The summed E-state index contributed by atoms with van der Waals surface area (Å²) in [6.45, 7) is 5.10. The van der Waals surface area contributed by atoms with Crippen molar-refractivity contribution in [1.29, 1.82) is 0 Å². The normalized spacial score (nSPS) is 14.3. The SMILES string of the molecule is CC(Cc1ccccc1F)NCC(C)c1nccs1. The van der Waals surface area contributed by atoms with Gasteiger partial charge in [0.1, 0.15) is 5.82 Å². The zero-order chi connectivity index (χ0) is 13.7. The molecule has 0 amide bonds. The van der Waals surface area contributed by atoms with Crippen LogP contribution in [0.5, 0.6) is 0 Å². The van der Waals surface area contributed by atoms with Crippen LogP contribution < -0.4 is 5.32 Å². The van der Waals surface area contributed by atoms with E-state index in [1.54, 1.807) is 17.4 Å². The smallest absolute Gasteiger partial charge is 0.126 e. The van der Waals surface area contributed by atoms with Gasteiger partial charge in [0.2, 0.25) is 0 Å². The molecule has 1 aromatic heterocycles. The summed E-state index contributed by atoms with van der Waals surface area (Å²) < 4.78 is 13.5. The summed E-state index contributed by atoms with van der Waals surface area (Å²) in [6.07, 6.45) is 2.54. The fourth-order valence-corrected chi connectivity index (χ4v) is 2.71. The van der Waals surface area contributed by atoms with Gasteiger partial charge in [-0.3, -0.25) is 0 Å². The molecule has 0 fully saturated rings. The van der Waals surface area contributed by atoms with Crippen LogP contribution in [0.1, 0.15) is 30.3 Å². The molecule has 2 atom stereocenters. The zero-order valence-electron chi connectivity index (χ0n) is 11.3. The zero-order valence-corrected chi connectivity index (χ0v) is 12.1. The quantitative estimate of drug-likeness (QED) is 0.873. The van der Waals surface area contributed by atoms with Crippen molar-refractivity contribution < 1.29 is 4.39 Å². The topological polar surface area (TPSA) is 24.9 Å². The molecule has 2 unspecified atom stereocenters. The molecule has 1 aromatic carbocycles. The van der Waals surface area contributed by atoms with Crippen molar-refractivity contribution in [3.05, 3.63) is 52.2 Å². The van der Waals surface area contributed by atoms with E-state index in [-0.39, 0.29) is 11.9 Å². The molecular formula is C15H19FN2S. The first-order valence-corrected chi connectivity index (χ1v) is 7.41. The fraction of sp³-hybridized carbons (Fsp3) is 0.400. The van der Waals surface area contributed by atoms with Gasteiger partial charge in [-0.25, -0.2) is 9.37 Å². The Morgan fingerprint density at radius 1 is 1.32 bits per heavy atom. The van der Waals surface area contributed by atoms with Gasteiger partial charge in [0.05, 0.1) is 5.01 Å². The fourth-order valence-electron chi connectivity index (χ4n) is 2.01. The number of benzene rings is 1. The van der Waals surface area contributed by atoms with Gasteiger partial charge >= 0.3 is 0 Å². The van der Waals surface area contributed by atoms with Crippen LogP contribution in [0, 0.1) is 5.82 Å². The van der Waals surface area contributed by atoms with E-state index in [1.807, 2.05) is 23.7 Å².